The Kier molecular flexibility index (Phi) is 5.78. The summed E-state index contributed by atoms with van der Waals surface area (Å²) in [5, 5.41) is 13.6. The zero-order chi connectivity index (χ0) is 20.9. The van der Waals surface area contributed by atoms with Gasteiger partial charge in [-0.15, -0.1) is 0 Å². The van der Waals surface area contributed by atoms with Crippen LogP contribution in [0.3, 0.4) is 0 Å². The minimum Gasteiger partial charge on any atom is -0.337 e. The normalized spacial score (nSPS) is 11.3. The van der Waals surface area contributed by atoms with Gasteiger partial charge in [-0.05, 0) is 42.0 Å². The fourth-order valence-electron chi connectivity index (χ4n) is 3.36. The Bertz CT molecular complexity index is 1270. The van der Waals surface area contributed by atoms with Crippen LogP contribution in [0.1, 0.15) is 11.1 Å². The summed E-state index contributed by atoms with van der Waals surface area (Å²) in [6, 6.07) is 27.2. The Balaban J connectivity index is 1.67. The average molecular weight is 456 g/mol. The molecule has 0 spiro atoms. The van der Waals surface area contributed by atoms with Crippen LogP contribution in [0.25, 0.3) is 22.6 Å². The van der Waals surface area contributed by atoms with E-state index in [4.69, 9.17) is 0 Å². The Morgan fingerprint density at radius 1 is 1.00 bits per heavy atom. The number of carbonyl (C=O) groups is 1. The maximum absolute atomic E-state index is 12.6. The van der Waals surface area contributed by atoms with Crippen molar-refractivity contribution >= 4 is 50.1 Å². The smallest absolute Gasteiger partial charge is 0.244 e. The summed E-state index contributed by atoms with van der Waals surface area (Å²) in [6.07, 6.45) is 3.79. The van der Waals surface area contributed by atoms with Crippen molar-refractivity contribution in [2.24, 2.45) is 0 Å². The van der Waals surface area contributed by atoms with Crippen molar-refractivity contribution in [2.45, 2.75) is 6.54 Å². The molecule has 0 aliphatic rings. The topological polar surface area (TPSA) is 57.8 Å². The van der Waals surface area contributed by atoms with Gasteiger partial charge < -0.3 is 9.88 Å². The zero-order valence-corrected chi connectivity index (χ0v) is 17.6. The molecule has 1 amide bonds. The Morgan fingerprint density at radius 2 is 1.70 bits per heavy atom. The van der Waals surface area contributed by atoms with E-state index in [0.29, 0.717) is 5.57 Å². The summed E-state index contributed by atoms with van der Waals surface area (Å²) >= 11 is 3.42. The number of hydrogen-bond acceptors (Lipinski definition) is 2. The van der Waals surface area contributed by atoms with E-state index < -0.39 is 0 Å². The zero-order valence-electron chi connectivity index (χ0n) is 16.0. The number of nitrogens with one attached hydrogen (secondary N) is 1. The fourth-order valence-corrected chi connectivity index (χ4v) is 3.63. The number of anilines is 1. The summed E-state index contributed by atoms with van der Waals surface area (Å²) in [7, 11) is 0. The molecular formula is C25H18BrN3O. The molecule has 5 heteroatoms. The Labute approximate surface area is 183 Å². The van der Waals surface area contributed by atoms with Crippen molar-refractivity contribution in [1.29, 1.82) is 5.26 Å². The minimum atomic E-state index is -0.106. The van der Waals surface area contributed by atoms with Crippen LogP contribution in [0, 0.1) is 11.3 Å². The molecule has 0 saturated heterocycles. The van der Waals surface area contributed by atoms with Gasteiger partial charge in [-0.1, -0.05) is 64.5 Å². The van der Waals surface area contributed by atoms with Gasteiger partial charge in [-0.2, -0.15) is 5.26 Å². The quantitative estimate of drug-likeness (QED) is 0.369. The highest BCUT2D eigenvalue weighted by Gasteiger charge is 2.11. The lowest BCUT2D eigenvalue weighted by atomic mass is 10.0. The molecule has 146 valence electrons. The van der Waals surface area contributed by atoms with E-state index in [1.165, 1.54) is 0 Å². The third kappa shape index (κ3) is 4.35. The van der Waals surface area contributed by atoms with E-state index in [2.05, 4.69) is 27.3 Å². The highest BCUT2D eigenvalue weighted by molar-refractivity contribution is 9.10. The molecule has 4 aromatic rings. The first-order chi connectivity index (χ1) is 14.6. The number of aromatic nitrogens is 1. The molecule has 1 aromatic heterocycles. The second kappa shape index (κ2) is 8.81. The Hall–Kier alpha value is -3.62. The number of carbonyl (C=O) groups excluding carboxylic acids is 1. The first-order valence-electron chi connectivity index (χ1n) is 9.44. The molecule has 0 aliphatic heterocycles. The Morgan fingerprint density at radius 3 is 2.43 bits per heavy atom. The van der Waals surface area contributed by atoms with Gasteiger partial charge in [0.05, 0.1) is 11.6 Å². The summed E-state index contributed by atoms with van der Waals surface area (Å²) in [5.74, 6) is -0.106. The molecule has 4 rings (SSSR count). The maximum atomic E-state index is 12.6. The second-order valence-electron chi connectivity index (χ2n) is 6.82. The van der Waals surface area contributed by atoms with E-state index in [1.54, 1.807) is 0 Å². The molecule has 3 aromatic carbocycles. The number of allylic oxidation sites excluding steroid dienone is 1. The molecule has 0 bridgehead atoms. The van der Waals surface area contributed by atoms with Gasteiger partial charge in [0.15, 0.2) is 0 Å². The van der Waals surface area contributed by atoms with Gasteiger partial charge in [0.1, 0.15) is 6.54 Å². The lowest BCUT2D eigenvalue weighted by molar-refractivity contribution is -0.116. The number of hydrogen-bond donors (Lipinski definition) is 1. The number of rotatable bonds is 5. The van der Waals surface area contributed by atoms with Gasteiger partial charge in [-0.3, -0.25) is 4.79 Å². The fraction of sp³-hybridized carbons (Fsp3) is 0.0400. The molecule has 4 nitrogen and oxygen atoms in total. The maximum Gasteiger partial charge on any atom is 0.244 e. The number of amides is 1. The molecule has 0 atom stereocenters. The minimum absolute atomic E-state index is 0.106. The lowest BCUT2D eigenvalue weighted by Gasteiger charge is -2.07. The van der Waals surface area contributed by atoms with Gasteiger partial charge in [0.25, 0.3) is 0 Å². The summed E-state index contributed by atoms with van der Waals surface area (Å²) in [4.78, 5) is 12.6. The van der Waals surface area contributed by atoms with Crippen molar-refractivity contribution < 1.29 is 4.79 Å². The average Bonchev–Trinajstić information content (AvgIpc) is 3.10. The number of benzene rings is 3. The summed E-state index contributed by atoms with van der Waals surface area (Å²) < 4.78 is 2.88. The van der Waals surface area contributed by atoms with Gasteiger partial charge in [0, 0.05) is 32.8 Å². The first kappa shape index (κ1) is 19.7. The van der Waals surface area contributed by atoms with Crippen LogP contribution in [0.5, 0.6) is 0 Å². The standard InChI is InChI=1S/C25H18BrN3O/c26-21-12-10-18(11-13-21)19(15-27)14-20-16-29(24-9-5-4-8-23(20)24)17-25(30)28-22-6-2-1-3-7-22/h1-14,16H,17H2,(H,28,30)/b19-14+. The second-order valence-corrected chi connectivity index (χ2v) is 7.74. The van der Waals surface area contributed by atoms with Crippen molar-refractivity contribution in [3.05, 3.63) is 101 Å². The number of nitriles is 1. The van der Waals surface area contributed by atoms with Crippen LogP contribution in [0.2, 0.25) is 0 Å². The largest absolute Gasteiger partial charge is 0.337 e. The van der Waals surface area contributed by atoms with Gasteiger partial charge in [-0.25, -0.2) is 0 Å². The van der Waals surface area contributed by atoms with Crippen LogP contribution in [0.15, 0.2) is 89.5 Å². The molecular weight excluding hydrogens is 438 g/mol. The third-order valence-electron chi connectivity index (χ3n) is 4.77. The molecule has 0 aliphatic carbocycles. The van der Waals surface area contributed by atoms with Crippen LogP contribution >= 0.6 is 15.9 Å². The van der Waals surface area contributed by atoms with Crippen LogP contribution in [-0.4, -0.2) is 10.5 Å². The highest BCUT2D eigenvalue weighted by Crippen LogP contribution is 2.27. The summed E-state index contributed by atoms with van der Waals surface area (Å²) in [5.41, 5.74) is 4.03. The molecule has 1 heterocycles. The number of halogens is 1. The molecule has 0 saturated carbocycles. The predicted octanol–water partition coefficient (Wildman–Crippen LogP) is 6.11. The van der Waals surface area contributed by atoms with E-state index >= 15 is 0 Å². The van der Waals surface area contributed by atoms with E-state index in [9.17, 15) is 10.1 Å². The monoisotopic (exact) mass is 455 g/mol. The molecule has 0 fully saturated rings. The van der Waals surface area contributed by atoms with Crippen LogP contribution in [0.4, 0.5) is 5.69 Å². The first-order valence-corrected chi connectivity index (χ1v) is 10.2. The predicted molar refractivity (Wildman–Crippen MR) is 125 cm³/mol. The third-order valence-corrected chi connectivity index (χ3v) is 5.30. The van der Waals surface area contributed by atoms with Crippen molar-refractivity contribution in [3.63, 3.8) is 0 Å². The van der Waals surface area contributed by atoms with Crippen LogP contribution in [-0.2, 0) is 11.3 Å². The van der Waals surface area contributed by atoms with E-state index in [1.807, 2.05) is 95.7 Å². The highest BCUT2D eigenvalue weighted by atomic mass is 79.9. The SMILES string of the molecule is N#C/C(=C\c1cn(CC(=O)Nc2ccccc2)c2ccccc12)c1ccc(Br)cc1. The van der Waals surface area contributed by atoms with Gasteiger partial charge in [0.2, 0.25) is 5.91 Å². The van der Waals surface area contributed by atoms with Crippen molar-refractivity contribution in [3.8, 4) is 6.07 Å². The summed E-state index contributed by atoms with van der Waals surface area (Å²) in [6.45, 7) is 0.184. The molecule has 0 unspecified atom stereocenters. The lowest BCUT2D eigenvalue weighted by Crippen LogP contribution is -2.18. The van der Waals surface area contributed by atoms with Crippen molar-refractivity contribution in [2.75, 3.05) is 5.32 Å². The number of para-hydroxylation sites is 2. The molecule has 0 radical (unpaired) electrons. The van der Waals surface area contributed by atoms with Crippen LogP contribution < -0.4 is 5.32 Å². The van der Waals surface area contributed by atoms with Gasteiger partial charge >= 0.3 is 0 Å². The van der Waals surface area contributed by atoms with E-state index in [-0.39, 0.29) is 12.5 Å². The van der Waals surface area contributed by atoms with E-state index in [0.717, 1.165) is 32.2 Å². The van der Waals surface area contributed by atoms with Crippen molar-refractivity contribution in [1.82, 2.24) is 4.57 Å². The number of fused-ring (bicyclic) bond motifs is 1. The molecule has 30 heavy (non-hydrogen) atoms. The number of nitrogens with zero attached hydrogens (tertiary/aromatic N) is 2. The molecule has 1 N–H and O–H groups in total.